The lowest BCUT2D eigenvalue weighted by Gasteiger charge is -2.27. The van der Waals surface area contributed by atoms with Gasteiger partial charge in [-0.1, -0.05) is 20.8 Å². The van der Waals surface area contributed by atoms with E-state index in [4.69, 9.17) is 0 Å². The van der Waals surface area contributed by atoms with E-state index in [1.807, 2.05) is 13.8 Å². The molecular formula is C11H22N2O3. The Balaban J connectivity index is 3.86. The van der Waals surface area contributed by atoms with Crippen LogP contribution >= 0.6 is 0 Å². The van der Waals surface area contributed by atoms with Gasteiger partial charge in [0.25, 0.3) is 0 Å². The zero-order valence-electron chi connectivity index (χ0n) is 10.5. The zero-order chi connectivity index (χ0) is 12.8. The van der Waals surface area contributed by atoms with Crippen molar-refractivity contribution < 1.29 is 14.7 Å². The first-order valence-electron chi connectivity index (χ1n) is 5.55. The van der Waals surface area contributed by atoms with Crippen molar-refractivity contribution in [2.75, 3.05) is 13.1 Å². The third-order valence-corrected chi connectivity index (χ3v) is 2.65. The minimum atomic E-state index is -0.926. The highest BCUT2D eigenvalue weighted by Gasteiger charge is 2.25. The van der Waals surface area contributed by atoms with Crippen LogP contribution in [0.4, 0.5) is 0 Å². The lowest BCUT2D eigenvalue weighted by Crippen LogP contribution is -2.46. The third-order valence-electron chi connectivity index (χ3n) is 2.65. The van der Waals surface area contributed by atoms with Crippen molar-refractivity contribution in [3.05, 3.63) is 0 Å². The quantitative estimate of drug-likeness (QED) is 0.602. The summed E-state index contributed by atoms with van der Waals surface area (Å²) in [4.78, 5) is 22.2. The van der Waals surface area contributed by atoms with E-state index in [1.165, 1.54) is 0 Å². The van der Waals surface area contributed by atoms with Crippen LogP contribution in [0, 0.1) is 5.92 Å². The van der Waals surface area contributed by atoms with Crippen LogP contribution in [0.25, 0.3) is 0 Å². The normalized spacial score (nSPS) is 14.4. The molecule has 3 N–H and O–H groups in total. The Morgan fingerprint density at radius 3 is 2.25 bits per heavy atom. The largest absolute Gasteiger partial charge is 0.388 e. The summed E-state index contributed by atoms with van der Waals surface area (Å²) < 4.78 is 0. The molecule has 0 rings (SSSR count). The highest BCUT2D eigenvalue weighted by molar-refractivity contribution is 5.84. The van der Waals surface area contributed by atoms with Gasteiger partial charge < -0.3 is 15.7 Å². The van der Waals surface area contributed by atoms with Crippen LogP contribution in [0.2, 0.25) is 0 Å². The third kappa shape index (κ3) is 5.70. The minimum absolute atomic E-state index is 0.0408. The monoisotopic (exact) mass is 230 g/mol. The highest BCUT2D eigenvalue weighted by atomic mass is 16.3. The fourth-order valence-corrected chi connectivity index (χ4v) is 0.848. The Labute approximate surface area is 96.6 Å². The Morgan fingerprint density at radius 1 is 1.25 bits per heavy atom. The molecule has 0 aliphatic heterocycles. The Kier molecular flexibility index (Phi) is 6.03. The Morgan fingerprint density at radius 2 is 1.81 bits per heavy atom. The SMILES string of the molecule is CCC(=O)NCC(=O)NCC(C)(O)C(C)C. The van der Waals surface area contributed by atoms with Crippen molar-refractivity contribution >= 4 is 11.8 Å². The van der Waals surface area contributed by atoms with Gasteiger partial charge >= 0.3 is 0 Å². The highest BCUT2D eigenvalue weighted by Crippen LogP contribution is 2.14. The number of carbonyl (C=O) groups is 2. The smallest absolute Gasteiger partial charge is 0.239 e. The van der Waals surface area contributed by atoms with Crippen molar-refractivity contribution in [3.8, 4) is 0 Å². The summed E-state index contributed by atoms with van der Waals surface area (Å²) >= 11 is 0. The summed E-state index contributed by atoms with van der Waals surface area (Å²) in [5.41, 5.74) is -0.926. The molecule has 2 amide bonds. The molecule has 1 atom stereocenters. The van der Waals surface area contributed by atoms with Crippen molar-refractivity contribution in [1.29, 1.82) is 0 Å². The van der Waals surface area contributed by atoms with Crippen molar-refractivity contribution in [1.82, 2.24) is 10.6 Å². The molecule has 0 aliphatic carbocycles. The minimum Gasteiger partial charge on any atom is -0.388 e. The second kappa shape index (κ2) is 6.48. The van der Waals surface area contributed by atoms with Gasteiger partial charge in [-0.25, -0.2) is 0 Å². The number of hydrogen-bond acceptors (Lipinski definition) is 3. The van der Waals surface area contributed by atoms with Gasteiger partial charge in [-0.3, -0.25) is 9.59 Å². The van der Waals surface area contributed by atoms with Crippen molar-refractivity contribution in [3.63, 3.8) is 0 Å². The van der Waals surface area contributed by atoms with Crippen LogP contribution in [0.15, 0.2) is 0 Å². The van der Waals surface area contributed by atoms with E-state index in [1.54, 1.807) is 13.8 Å². The van der Waals surface area contributed by atoms with E-state index >= 15 is 0 Å². The maximum atomic E-state index is 11.3. The maximum Gasteiger partial charge on any atom is 0.239 e. The molecule has 1 unspecified atom stereocenters. The fraction of sp³-hybridized carbons (Fsp3) is 0.818. The summed E-state index contributed by atoms with van der Waals surface area (Å²) in [7, 11) is 0. The van der Waals surface area contributed by atoms with E-state index < -0.39 is 5.60 Å². The summed E-state index contributed by atoms with van der Waals surface area (Å²) in [5.74, 6) is -0.397. The zero-order valence-corrected chi connectivity index (χ0v) is 10.5. The molecule has 0 aliphatic rings. The van der Waals surface area contributed by atoms with E-state index in [-0.39, 0.29) is 30.8 Å². The molecule has 0 aromatic carbocycles. The molecule has 0 saturated heterocycles. The summed E-state index contributed by atoms with van der Waals surface area (Å²) in [6.45, 7) is 7.29. The van der Waals surface area contributed by atoms with E-state index in [0.29, 0.717) is 6.42 Å². The molecule has 16 heavy (non-hydrogen) atoms. The lowest BCUT2D eigenvalue weighted by molar-refractivity contribution is -0.126. The topological polar surface area (TPSA) is 78.4 Å². The fourth-order valence-electron chi connectivity index (χ4n) is 0.848. The molecule has 0 aromatic rings. The van der Waals surface area contributed by atoms with Crippen LogP contribution in [0.1, 0.15) is 34.1 Å². The van der Waals surface area contributed by atoms with Gasteiger partial charge in [-0.2, -0.15) is 0 Å². The predicted octanol–water partition coefficient (Wildman–Crippen LogP) is 0.0358. The van der Waals surface area contributed by atoms with Crippen LogP contribution in [-0.4, -0.2) is 35.6 Å². The summed E-state index contributed by atoms with van der Waals surface area (Å²) in [5, 5.41) is 14.9. The molecule has 0 aromatic heterocycles. The van der Waals surface area contributed by atoms with Gasteiger partial charge in [0.05, 0.1) is 12.1 Å². The number of rotatable bonds is 6. The first kappa shape index (κ1) is 14.9. The lowest BCUT2D eigenvalue weighted by atomic mass is 9.92. The van der Waals surface area contributed by atoms with Crippen LogP contribution in [0.3, 0.4) is 0 Å². The van der Waals surface area contributed by atoms with Crippen LogP contribution in [0.5, 0.6) is 0 Å². The molecule has 5 heteroatoms. The molecule has 0 spiro atoms. The summed E-state index contributed by atoms with van der Waals surface area (Å²) in [6, 6.07) is 0. The molecule has 0 heterocycles. The number of hydrogen-bond donors (Lipinski definition) is 3. The van der Waals surface area contributed by atoms with E-state index in [2.05, 4.69) is 10.6 Å². The molecule has 0 bridgehead atoms. The number of aliphatic hydroxyl groups is 1. The maximum absolute atomic E-state index is 11.3. The van der Waals surface area contributed by atoms with Gasteiger partial charge in [0.15, 0.2) is 0 Å². The average molecular weight is 230 g/mol. The Hall–Kier alpha value is -1.10. The van der Waals surface area contributed by atoms with Gasteiger partial charge in [-0.05, 0) is 12.8 Å². The second-order valence-corrected chi connectivity index (χ2v) is 4.42. The first-order chi connectivity index (χ1) is 7.29. The van der Waals surface area contributed by atoms with Gasteiger partial charge in [-0.15, -0.1) is 0 Å². The molecule has 0 fully saturated rings. The predicted molar refractivity (Wildman–Crippen MR) is 61.8 cm³/mol. The summed E-state index contributed by atoms with van der Waals surface area (Å²) in [6.07, 6.45) is 0.358. The molecular weight excluding hydrogens is 208 g/mol. The first-order valence-corrected chi connectivity index (χ1v) is 5.55. The average Bonchev–Trinajstić information content (AvgIpc) is 2.22. The molecule has 94 valence electrons. The number of carbonyl (C=O) groups excluding carboxylic acids is 2. The van der Waals surface area contributed by atoms with Crippen molar-refractivity contribution in [2.24, 2.45) is 5.92 Å². The molecule has 5 nitrogen and oxygen atoms in total. The molecule has 0 radical (unpaired) electrons. The van der Waals surface area contributed by atoms with Gasteiger partial charge in [0.2, 0.25) is 11.8 Å². The van der Waals surface area contributed by atoms with Crippen LogP contribution < -0.4 is 10.6 Å². The Bertz CT molecular complexity index is 250. The van der Waals surface area contributed by atoms with Gasteiger partial charge in [0.1, 0.15) is 0 Å². The van der Waals surface area contributed by atoms with Crippen LogP contribution in [-0.2, 0) is 9.59 Å². The second-order valence-electron chi connectivity index (χ2n) is 4.42. The van der Waals surface area contributed by atoms with Crippen molar-refractivity contribution in [2.45, 2.75) is 39.7 Å². The molecule has 0 saturated carbocycles. The van der Waals surface area contributed by atoms with Gasteiger partial charge in [0, 0.05) is 13.0 Å². The number of amides is 2. The van der Waals surface area contributed by atoms with E-state index in [0.717, 1.165) is 0 Å². The standard InChI is InChI=1S/C11H22N2O3/c1-5-9(14)12-6-10(15)13-7-11(4,16)8(2)3/h8,16H,5-7H2,1-4H3,(H,12,14)(H,13,15). The van der Waals surface area contributed by atoms with E-state index in [9.17, 15) is 14.7 Å². The number of nitrogens with one attached hydrogen (secondary N) is 2.